The Morgan fingerprint density at radius 3 is 2.16 bits per heavy atom. The molecule has 3 rings (SSSR count). The first-order valence-electron chi connectivity index (χ1n) is 10.2. The summed E-state index contributed by atoms with van der Waals surface area (Å²) in [5.74, 6) is -0.700. The molecule has 0 saturated heterocycles. The molecular formula is C25H26N2O4. The lowest BCUT2D eigenvalue weighted by molar-refractivity contribution is 0.0517. The number of esters is 2. The van der Waals surface area contributed by atoms with Crippen LogP contribution in [0, 0.1) is 13.8 Å². The van der Waals surface area contributed by atoms with E-state index in [0.717, 1.165) is 22.6 Å². The summed E-state index contributed by atoms with van der Waals surface area (Å²) in [7, 11) is 0. The van der Waals surface area contributed by atoms with E-state index in [-0.39, 0.29) is 11.9 Å². The van der Waals surface area contributed by atoms with Crippen LogP contribution in [0.1, 0.15) is 51.5 Å². The van der Waals surface area contributed by atoms with Gasteiger partial charge in [-0.05, 0) is 70.2 Å². The predicted octanol–water partition coefficient (Wildman–Crippen LogP) is 5.20. The highest BCUT2D eigenvalue weighted by Gasteiger charge is 2.13. The maximum atomic E-state index is 12.1. The van der Waals surface area contributed by atoms with E-state index in [9.17, 15) is 9.59 Å². The summed E-state index contributed by atoms with van der Waals surface area (Å²) in [6, 6.07) is 16.4. The molecule has 0 saturated carbocycles. The summed E-state index contributed by atoms with van der Waals surface area (Å²) in [5.41, 5.74) is 5.48. The van der Waals surface area contributed by atoms with Gasteiger partial charge in [-0.25, -0.2) is 9.59 Å². The average Bonchev–Trinajstić information content (AvgIpc) is 3.06. The van der Waals surface area contributed by atoms with Crippen molar-refractivity contribution >= 4 is 23.8 Å². The standard InChI is InChI=1S/C25H26N2O4/c1-5-30-24(28)19-9-7-11-22(14-19)26-16-21-13-17(3)27(18(21)4)23-12-8-10-20(15-23)25(29)31-6-2/h7-16H,5-6H2,1-4H3. The molecule has 6 heteroatoms. The van der Waals surface area contributed by atoms with Crippen molar-refractivity contribution in [3.63, 3.8) is 0 Å². The summed E-state index contributed by atoms with van der Waals surface area (Å²) < 4.78 is 12.2. The van der Waals surface area contributed by atoms with Gasteiger partial charge in [0.25, 0.3) is 0 Å². The number of hydrogen-bond donors (Lipinski definition) is 0. The van der Waals surface area contributed by atoms with Crippen LogP contribution in [0.3, 0.4) is 0 Å². The van der Waals surface area contributed by atoms with E-state index in [4.69, 9.17) is 9.47 Å². The minimum absolute atomic E-state index is 0.329. The van der Waals surface area contributed by atoms with Crippen LogP contribution in [-0.2, 0) is 9.47 Å². The second-order valence-corrected chi connectivity index (χ2v) is 6.96. The van der Waals surface area contributed by atoms with Crippen molar-refractivity contribution < 1.29 is 19.1 Å². The van der Waals surface area contributed by atoms with E-state index in [1.807, 2.05) is 44.2 Å². The molecule has 0 aliphatic rings. The van der Waals surface area contributed by atoms with Gasteiger partial charge in [0.1, 0.15) is 0 Å². The molecule has 160 valence electrons. The molecule has 0 radical (unpaired) electrons. The molecule has 2 aromatic carbocycles. The van der Waals surface area contributed by atoms with Crippen molar-refractivity contribution in [3.8, 4) is 5.69 Å². The molecule has 0 aliphatic carbocycles. The third-order valence-electron chi connectivity index (χ3n) is 4.80. The molecule has 0 amide bonds. The number of ether oxygens (including phenoxy) is 2. The van der Waals surface area contributed by atoms with Crippen molar-refractivity contribution in [2.75, 3.05) is 13.2 Å². The molecule has 0 atom stereocenters. The smallest absolute Gasteiger partial charge is 0.338 e. The number of nitrogens with zero attached hydrogens (tertiary/aromatic N) is 2. The van der Waals surface area contributed by atoms with E-state index in [2.05, 4.69) is 9.56 Å². The maximum absolute atomic E-state index is 12.1. The van der Waals surface area contributed by atoms with Crippen LogP contribution in [-0.4, -0.2) is 35.9 Å². The fourth-order valence-electron chi connectivity index (χ4n) is 3.37. The van der Waals surface area contributed by atoms with E-state index in [1.165, 1.54) is 0 Å². The first kappa shape index (κ1) is 22.0. The Balaban J connectivity index is 1.89. The topological polar surface area (TPSA) is 69.9 Å². The highest BCUT2D eigenvalue weighted by atomic mass is 16.5. The number of carbonyl (C=O) groups excluding carboxylic acids is 2. The minimum Gasteiger partial charge on any atom is -0.462 e. The van der Waals surface area contributed by atoms with E-state index >= 15 is 0 Å². The van der Waals surface area contributed by atoms with Gasteiger partial charge in [0, 0.05) is 28.9 Å². The Bertz CT molecular complexity index is 1130. The summed E-state index contributed by atoms with van der Waals surface area (Å²) >= 11 is 0. The van der Waals surface area contributed by atoms with Crippen LogP contribution in [0.5, 0.6) is 0 Å². The Labute approximate surface area is 182 Å². The average molecular weight is 418 g/mol. The fourth-order valence-corrected chi connectivity index (χ4v) is 3.37. The van der Waals surface area contributed by atoms with Crippen LogP contribution in [0.15, 0.2) is 59.6 Å². The first-order valence-corrected chi connectivity index (χ1v) is 10.2. The van der Waals surface area contributed by atoms with Gasteiger partial charge in [-0.1, -0.05) is 12.1 Å². The minimum atomic E-state index is -0.362. The number of aryl methyl sites for hydroxylation is 1. The molecule has 0 unspecified atom stereocenters. The van der Waals surface area contributed by atoms with E-state index in [1.54, 1.807) is 44.3 Å². The third-order valence-corrected chi connectivity index (χ3v) is 4.80. The van der Waals surface area contributed by atoms with Crippen molar-refractivity contribution in [3.05, 3.63) is 82.7 Å². The van der Waals surface area contributed by atoms with Crippen LogP contribution in [0.4, 0.5) is 5.69 Å². The molecule has 0 spiro atoms. The van der Waals surface area contributed by atoms with Crippen LogP contribution in [0.2, 0.25) is 0 Å². The molecule has 1 aromatic heterocycles. The van der Waals surface area contributed by atoms with Gasteiger partial charge in [-0.3, -0.25) is 4.99 Å². The normalized spacial score (nSPS) is 11.0. The quantitative estimate of drug-likeness (QED) is 0.391. The lowest BCUT2D eigenvalue weighted by atomic mass is 10.2. The lowest BCUT2D eigenvalue weighted by Gasteiger charge is -2.11. The second kappa shape index (κ2) is 9.89. The number of hydrogen-bond acceptors (Lipinski definition) is 5. The number of aromatic nitrogens is 1. The van der Waals surface area contributed by atoms with Gasteiger partial charge in [0.05, 0.1) is 30.0 Å². The molecule has 31 heavy (non-hydrogen) atoms. The Morgan fingerprint density at radius 1 is 0.903 bits per heavy atom. The first-order chi connectivity index (χ1) is 14.9. The van der Waals surface area contributed by atoms with Crippen molar-refractivity contribution in [2.24, 2.45) is 4.99 Å². The van der Waals surface area contributed by atoms with Gasteiger partial charge in [0.2, 0.25) is 0 Å². The zero-order valence-corrected chi connectivity index (χ0v) is 18.2. The van der Waals surface area contributed by atoms with Gasteiger partial charge >= 0.3 is 11.9 Å². The molecule has 3 aromatic rings. The van der Waals surface area contributed by atoms with Crippen LogP contribution >= 0.6 is 0 Å². The molecule has 1 heterocycles. The highest BCUT2D eigenvalue weighted by molar-refractivity contribution is 5.91. The van der Waals surface area contributed by atoms with Crippen LogP contribution in [0.25, 0.3) is 5.69 Å². The summed E-state index contributed by atoms with van der Waals surface area (Å²) in [6.07, 6.45) is 1.78. The fraction of sp³-hybridized carbons (Fsp3) is 0.240. The lowest BCUT2D eigenvalue weighted by Crippen LogP contribution is -2.06. The number of aliphatic imine (C=N–C) groups is 1. The number of carbonyl (C=O) groups is 2. The van der Waals surface area contributed by atoms with Gasteiger partial charge in [-0.15, -0.1) is 0 Å². The maximum Gasteiger partial charge on any atom is 0.338 e. The van der Waals surface area contributed by atoms with Crippen molar-refractivity contribution in [2.45, 2.75) is 27.7 Å². The zero-order chi connectivity index (χ0) is 22.4. The zero-order valence-electron chi connectivity index (χ0n) is 18.2. The number of rotatable bonds is 7. The molecule has 0 bridgehead atoms. The van der Waals surface area contributed by atoms with Gasteiger partial charge in [-0.2, -0.15) is 0 Å². The summed E-state index contributed by atoms with van der Waals surface area (Å²) in [5, 5.41) is 0. The summed E-state index contributed by atoms with van der Waals surface area (Å²) in [6.45, 7) is 8.23. The third kappa shape index (κ3) is 5.09. The highest BCUT2D eigenvalue weighted by Crippen LogP contribution is 2.22. The van der Waals surface area contributed by atoms with Crippen molar-refractivity contribution in [1.29, 1.82) is 0 Å². The van der Waals surface area contributed by atoms with E-state index in [0.29, 0.717) is 30.0 Å². The Kier molecular flexibility index (Phi) is 7.03. The van der Waals surface area contributed by atoms with Crippen molar-refractivity contribution in [1.82, 2.24) is 4.57 Å². The molecule has 6 nitrogen and oxygen atoms in total. The van der Waals surface area contributed by atoms with E-state index < -0.39 is 0 Å². The molecule has 0 aliphatic heterocycles. The molecular weight excluding hydrogens is 392 g/mol. The Morgan fingerprint density at radius 2 is 1.52 bits per heavy atom. The summed E-state index contributed by atoms with van der Waals surface area (Å²) in [4.78, 5) is 28.6. The molecule has 0 N–H and O–H groups in total. The monoisotopic (exact) mass is 418 g/mol. The SMILES string of the molecule is CCOC(=O)c1cccc(N=Cc2cc(C)n(-c3cccc(C(=O)OCC)c3)c2C)c1. The largest absolute Gasteiger partial charge is 0.462 e. The molecule has 0 fully saturated rings. The van der Waals surface area contributed by atoms with Gasteiger partial charge < -0.3 is 14.0 Å². The number of benzene rings is 2. The predicted molar refractivity (Wildman–Crippen MR) is 121 cm³/mol. The Hall–Kier alpha value is -3.67. The second-order valence-electron chi connectivity index (χ2n) is 6.96. The van der Waals surface area contributed by atoms with Crippen LogP contribution < -0.4 is 0 Å². The van der Waals surface area contributed by atoms with Gasteiger partial charge in [0.15, 0.2) is 0 Å².